The summed E-state index contributed by atoms with van der Waals surface area (Å²) in [5, 5.41) is 8.62. The molecule has 0 radical (unpaired) electrons. The molecular weight excluding hydrogens is 368 g/mol. The maximum absolute atomic E-state index is 12.7. The maximum atomic E-state index is 12.7. The van der Waals surface area contributed by atoms with Crippen LogP contribution in [0.4, 0.5) is 0 Å². The zero-order valence-corrected chi connectivity index (χ0v) is 17.5. The van der Waals surface area contributed by atoms with Crippen molar-refractivity contribution in [2.24, 2.45) is 5.92 Å². The van der Waals surface area contributed by atoms with Crippen LogP contribution in [-0.2, 0) is 25.9 Å². The van der Waals surface area contributed by atoms with E-state index in [0.29, 0.717) is 5.92 Å². The molecule has 2 aromatic heterocycles. The quantitative estimate of drug-likeness (QED) is 0.785. The van der Waals surface area contributed by atoms with Gasteiger partial charge in [0.05, 0.1) is 11.3 Å². The van der Waals surface area contributed by atoms with Gasteiger partial charge < -0.3 is 10.6 Å². The van der Waals surface area contributed by atoms with Crippen molar-refractivity contribution in [3.63, 3.8) is 0 Å². The van der Waals surface area contributed by atoms with Gasteiger partial charge in [0.2, 0.25) is 0 Å². The van der Waals surface area contributed by atoms with Crippen LogP contribution < -0.4 is 10.6 Å². The first-order valence-corrected chi connectivity index (χ1v) is 11.3. The molecule has 2 N–H and O–H groups in total. The maximum Gasteiger partial charge on any atom is 0.252 e. The fourth-order valence-corrected chi connectivity index (χ4v) is 5.23. The molecule has 0 unspecified atom stereocenters. The van der Waals surface area contributed by atoms with Crippen LogP contribution in [0.2, 0.25) is 0 Å². The number of carbonyl (C=O) groups is 1. The number of pyridine rings is 1. The molecule has 0 spiro atoms. The number of nitrogens with zero attached hydrogens (tertiary/aromatic N) is 2. The second-order valence-electron chi connectivity index (χ2n) is 7.93. The van der Waals surface area contributed by atoms with Crippen molar-refractivity contribution < 1.29 is 4.79 Å². The number of aryl methyl sites for hydroxylation is 1. The fraction of sp³-hybridized carbons (Fsp3) is 0.545. The zero-order chi connectivity index (χ0) is 19.3. The number of hydrogen-bond donors (Lipinski definition) is 2. The third-order valence-electron chi connectivity index (χ3n) is 5.96. The van der Waals surface area contributed by atoms with Crippen LogP contribution in [0.15, 0.2) is 23.7 Å². The lowest BCUT2D eigenvalue weighted by Crippen LogP contribution is -2.36. The molecule has 4 rings (SSSR count). The molecule has 1 amide bonds. The molecule has 2 aliphatic rings. The van der Waals surface area contributed by atoms with Gasteiger partial charge in [-0.05, 0) is 61.9 Å². The first kappa shape index (κ1) is 19.6. The van der Waals surface area contributed by atoms with Crippen LogP contribution in [0.5, 0.6) is 0 Å². The number of hydrogen-bond acceptors (Lipinski definition) is 5. The van der Waals surface area contributed by atoms with Gasteiger partial charge in [-0.15, -0.1) is 11.3 Å². The average Bonchev–Trinajstić information content (AvgIpc) is 3.17. The van der Waals surface area contributed by atoms with Crippen molar-refractivity contribution in [2.45, 2.75) is 45.7 Å². The van der Waals surface area contributed by atoms with Crippen molar-refractivity contribution in [1.82, 2.24) is 20.5 Å². The molecule has 150 valence electrons. The van der Waals surface area contributed by atoms with Crippen LogP contribution in [0.1, 0.15) is 51.8 Å². The Bertz CT molecular complexity index is 795. The molecule has 0 atom stereocenters. The molecule has 6 heteroatoms. The summed E-state index contributed by atoms with van der Waals surface area (Å²) >= 11 is 1.73. The van der Waals surface area contributed by atoms with Crippen LogP contribution >= 0.6 is 11.3 Å². The SMILES string of the molecule is CCc1ccc(CN2CCc3c(C(=O)NCC4CCNCC4)csc3C2)nc1. The van der Waals surface area contributed by atoms with E-state index >= 15 is 0 Å². The van der Waals surface area contributed by atoms with Crippen LogP contribution in [0.3, 0.4) is 0 Å². The van der Waals surface area contributed by atoms with E-state index in [4.69, 9.17) is 0 Å². The highest BCUT2D eigenvalue weighted by atomic mass is 32.1. The number of carbonyl (C=O) groups excluding carboxylic acids is 1. The van der Waals surface area contributed by atoms with E-state index in [1.54, 1.807) is 11.3 Å². The predicted molar refractivity (Wildman–Crippen MR) is 114 cm³/mol. The van der Waals surface area contributed by atoms with E-state index in [9.17, 15) is 4.79 Å². The molecule has 5 nitrogen and oxygen atoms in total. The van der Waals surface area contributed by atoms with E-state index in [1.165, 1.54) is 16.0 Å². The third kappa shape index (κ3) is 4.62. The Morgan fingerprint density at radius 3 is 2.96 bits per heavy atom. The van der Waals surface area contributed by atoms with Gasteiger partial charge in [-0.25, -0.2) is 0 Å². The van der Waals surface area contributed by atoms with Crippen molar-refractivity contribution in [1.29, 1.82) is 0 Å². The van der Waals surface area contributed by atoms with Gasteiger partial charge in [0.1, 0.15) is 0 Å². The molecule has 28 heavy (non-hydrogen) atoms. The smallest absolute Gasteiger partial charge is 0.252 e. The largest absolute Gasteiger partial charge is 0.352 e. The summed E-state index contributed by atoms with van der Waals surface area (Å²) in [6.45, 7) is 7.86. The molecule has 4 heterocycles. The molecule has 0 aliphatic carbocycles. The van der Waals surface area contributed by atoms with Crippen LogP contribution in [0, 0.1) is 5.92 Å². The minimum Gasteiger partial charge on any atom is -0.352 e. The predicted octanol–water partition coefficient (Wildman–Crippen LogP) is 2.99. The van der Waals surface area contributed by atoms with E-state index < -0.39 is 0 Å². The summed E-state index contributed by atoms with van der Waals surface area (Å²) in [5.41, 5.74) is 4.57. The first-order valence-electron chi connectivity index (χ1n) is 10.5. The summed E-state index contributed by atoms with van der Waals surface area (Å²) in [4.78, 5) is 21.1. The van der Waals surface area contributed by atoms with Gasteiger partial charge in [-0.2, -0.15) is 0 Å². The molecule has 2 aromatic rings. The van der Waals surface area contributed by atoms with E-state index in [0.717, 1.165) is 76.2 Å². The summed E-state index contributed by atoms with van der Waals surface area (Å²) < 4.78 is 0. The highest BCUT2D eigenvalue weighted by Gasteiger charge is 2.24. The van der Waals surface area contributed by atoms with Crippen molar-refractivity contribution >= 4 is 17.2 Å². The second-order valence-corrected chi connectivity index (χ2v) is 8.89. The van der Waals surface area contributed by atoms with Crippen LogP contribution in [0.25, 0.3) is 0 Å². The van der Waals surface area contributed by atoms with Crippen molar-refractivity contribution in [3.05, 3.63) is 51.0 Å². The highest BCUT2D eigenvalue weighted by molar-refractivity contribution is 7.10. The lowest BCUT2D eigenvalue weighted by Gasteiger charge is -2.27. The normalized spacial score (nSPS) is 18.0. The fourth-order valence-electron chi connectivity index (χ4n) is 4.11. The van der Waals surface area contributed by atoms with Gasteiger partial charge >= 0.3 is 0 Å². The van der Waals surface area contributed by atoms with E-state index in [2.05, 4.69) is 45.0 Å². The Hall–Kier alpha value is -1.76. The average molecular weight is 399 g/mol. The lowest BCUT2D eigenvalue weighted by molar-refractivity contribution is 0.0943. The Kier molecular flexibility index (Phi) is 6.40. The van der Waals surface area contributed by atoms with Crippen molar-refractivity contribution in [2.75, 3.05) is 26.2 Å². The summed E-state index contributed by atoms with van der Waals surface area (Å²) in [5.74, 6) is 0.725. The van der Waals surface area contributed by atoms with Crippen LogP contribution in [-0.4, -0.2) is 42.0 Å². The van der Waals surface area contributed by atoms with Gasteiger partial charge in [0, 0.05) is 42.6 Å². The van der Waals surface area contributed by atoms with E-state index in [1.807, 2.05) is 6.20 Å². The molecule has 0 aromatic carbocycles. The number of nitrogens with one attached hydrogen (secondary N) is 2. The highest BCUT2D eigenvalue weighted by Crippen LogP contribution is 2.29. The number of fused-ring (bicyclic) bond motifs is 1. The minimum atomic E-state index is 0.112. The van der Waals surface area contributed by atoms with Gasteiger partial charge in [-0.1, -0.05) is 13.0 Å². The molecule has 1 saturated heterocycles. The number of amides is 1. The Morgan fingerprint density at radius 1 is 1.36 bits per heavy atom. The topological polar surface area (TPSA) is 57.3 Å². The first-order chi connectivity index (χ1) is 13.7. The summed E-state index contributed by atoms with van der Waals surface area (Å²) in [7, 11) is 0. The van der Waals surface area contributed by atoms with Gasteiger partial charge in [-0.3, -0.25) is 14.7 Å². The zero-order valence-electron chi connectivity index (χ0n) is 16.7. The van der Waals surface area contributed by atoms with Gasteiger partial charge in [0.25, 0.3) is 5.91 Å². The summed E-state index contributed by atoms with van der Waals surface area (Å²) in [6, 6.07) is 4.32. The number of thiophene rings is 1. The molecule has 0 saturated carbocycles. The Balaban J connectivity index is 1.33. The third-order valence-corrected chi connectivity index (χ3v) is 6.97. The number of piperidine rings is 1. The van der Waals surface area contributed by atoms with Gasteiger partial charge in [0.15, 0.2) is 0 Å². The monoisotopic (exact) mass is 398 g/mol. The Morgan fingerprint density at radius 2 is 2.21 bits per heavy atom. The van der Waals surface area contributed by atoms with E-state index in [-0.39, 0.29) is 5.91 Å². The standard InChI is InChI=1S/C22H30N4OS/c1-2-16-3-4-18(24-11-16)13-26-10-7-19-20(15-28-21(19)14-26)22(27)25-12-17-5-8-23-9-6-17/h3-4,11,15,17,23H,2,5-10,12-14H2,1H3,(H,25,27). The summed E-state index contributed by atoms with van der Waals surface area (Å²) in [6.07, 6.45) is 6.27. The second kappa shape index (κ2) is 9.16. The molecule has 1 fully saturated rings. The van der Waals surface area contributed by atoms with Crippen molar-refractivity contribution in [3.8, 4) is 0 Å². The molecule has 2 aliphatic heterocycles. The number of rotatable bonds is 6. The number of aromatic nitrogens is 1. The molecule has 0 bridgehead atoms. The molecular formula is C22H30N4OS. The Labute approximate surface area is 171 Å². The lowest BCUT2D eigenvalue weighted by atomic mass is 9.98. The minimum absolute atomic E-state index is 0.112.